The summed E-state index contributed by atoms with van der Waals surface area (Å²) in [6.45, 7) is 1.46. The van der Waals surface area contributed by atoms with E-state index in [1.165, 1.54) is 20.4 Å². The SMILES string of the molecule is N/C=C\N(N)CCCOSI. The molecule has 0 saturated heterocycles. The van der Waals surface area contributed by atoms with Crippen LogP contribution in [0.2, 0.25) is 0 Å². The van der Waals surface area contributed by atoms with Crippen LogP contribution >= 0.6 is 30.4 Å². The first-order valence-electron chi connectivity index (χ1n) is 3.11. The highest BCUT2D eigenvalue weighted by Crippen LogP contribution is 2.11. The van der Waals surface area contributed by atoms with Gasteiger partial charge in [-0.1, -0.05) is 0 Å². The third kappa shape index (κ3) is 8.24. The maximum atomic E-state index is 5.47. The molecular weight excluding hydrogens is 277 g/mol. The van der Waals surface area contributed by atoms with Gasteiger partial charge >= 0.3 is 0 Å². The Bertz CT molecular complexity index is 114. The molecule has 0 radical (unpaired) electrons. The molecule has 4 nitrogen and oxygen atoms in total. The first-order chi connectivity index (χ1) is 5.31. The number of nitrogens with two attached hydrogens (primary N) is 2. The van der Waals surface area contributed by atoms with E-state index in [1.807, 2.05) is 0 Å². The number of rotatable bonds is 6. The molecule has 6 heteroatoms. The number of nitrogens with zero attached hydrogens (tertiary/aromatic N) is 1. The van der Waals surface area contributed by atoms with Crippen molar-refractivity contribution in [2.45, 2.75) is 6.42 Å². The van der Waals surface area contributed by atoms with Crippen molar-refractivity contribution in [3.63, 3.8) is 0 Å². The minimum Gasteiger partial charge on any atom is -0.403 e. The second-order valence-corrected chi connectivity index (χ2v) is 3.26. The van der Waals surface area contributed by atoms with Crippen LogP contribution in [-0.4, -0.2) is 18.2 Å². The van der Waals surface area contributed by atoms with Crippen LogP contribution in [0.3, 0.4) is 0 Å². The molecule has 0 bridgehead atoms. The highest BCUT2D eigenvalue weighted by molar-refractivity contribution is 14.2. The lowest BCUT2D eigenvalue weighted by molar-refractivity contribution is 0.314. The monoisotopic (exact) mass is 289 g/mol. The summed E-state index contributed by atoms with van der Waals surface area (Å²) in [5, 5.41) is 1.53. The first kappa shape index (κ1) is 11.3. The molecule has 0 atom stereocenters. The van der Waals surface area contributed by atoms with Gasteiger partial charge in [-0.2, -0.15) is 0 Å². The average Bonchev–Trinajstić information content (AvgIpc) is 1.99. The number of hydrogen-bond acceptors (Lipinski definition) is 5. The molecule has 0 aromatic heterocycles. The Morgan fingerprint density at radius 2 is 2.36 bits per heavy atom. The van der Waals surface area contributed by atoms with Gasteiger partial charge in [0, 0.05) is 40.2 Å². The van der Waals surface area contributed by atoms with E-state index in [-0.39, 0.29) is 0 Å². The summed E-state index contributed by atoms with van der Waals surface area (Å²) in [6, 6.07) is 0. The van der Waals surface area contributed by atoms with E-state index in [4.69, 9.17) is 15.8 Å². The fourth-order valence-corrected chi connectivity index (χ4v) is 1.24. The van der Waals surface area contributed by atoms with Gasteiger partial charge in [0.15, 0.2) is 0 Å². The van der Waals surface area contributed by atoms with Crippen molar-refractivity contribution in [3.8, 4) is 0 Å². The number of halogens is 1. The van der Waals surface area contributed by atoms with Gasteiger partial charge in [-0.3, -0.25) is 0 Å². The Hall–Kier alpha value is 0.340. The first-order valence-corrected chi connectivity index (χ1v) is 6.39. The van der Waals surface area contributed by atoms with E-state index >= 15 is 0 Å². The Morgan fingerprint density at radius 3 is 2.91 bits per heavy atom. The fourth-order valence-electron chi connectivity index (χ4n) is 0.523. The lowest BCUT2D eigenvalue weighted by Crippen LogP contribution is -2.26. The van der Waals surface area contributed by atoms with E-state index < -0.39 is 0 Å². The largest absolute Gasteiger partial charge is 0.403 e. The van der Waals surface area contributed by atoms with Crippen molar-refractivity contribution >= 4 is 30.4 Å². The molecule has 0 fully saturated rings. The second kappa shape index (κ2) is 8.44. The molecule has 0 aliphatic carbocycles. The fraction of sp³-hybridized carbons (Fsp3) is 0.600. The molecule has 0 aliphatic rings. The molecule has 0 aromatic carbocycles. The zero-order valence-corrected chi connectivity index (χ0v) is 9.05. The average molecular weight is 289 g/mol. The summed E-state index contributed by atoms with van der Waals surface area (Å²) in [5.41, 5.74) is 5.12. The van der Waals surface area contributed by atoms with Crippen LogP contribution in [0.4, 0.5) is 0 Å². The van der Waals surface area contributed by atoms with Crippen molar-refractivity contribution in [2.24, 2.45) is 11.6 Å². The zero-order chi connectivity index (χ0) is 8.53. The standard InChI is InChI=1S/C5H12IN3OS/c6-11-10-5-1-3-9(8)4-2-7/h2,4H,1,3,5,7-8H2/b4-2-. The molecule has 11 heavy (non-hydrogen) atoms. The third-order valence-electron chi connectivity index (χ3n) is 0.966. The Balaban J connectivity index is 3.10. The van der Waals surface area contributed by atoms with Gasteiger partial charge in [-0.25, -0.2) is 5.84 Å². The predicted octanol–water partition coefficient (Wildman–Crippen LogP) is 0.997. The van der Waals surface area contributed by atoms with E-state index in [2.05, 4.69) is 21.2 Å². The molecule has 0 unspecified atom stereocenters. The number of hydrazine groups is 1. The highest BCUT2D eigenvalue weighted by Gasteiger charge is 1.91. The van der Waals surface area contributed by atoms with Gasteiger partial charge < -0.3 is 14.9 Å². The smallest absolute Gasteiger partial charge is 0.0650 e. The quantitative estimate of drug-likeness (QED) is 0.251. The molecule has 0 rings (SSSR count). The van der Waals surface area contributed by atoms with Gasteiger partial charge in [-0.15, -0.1) is 0 Å². The minimum absolute atomic E-state index is 0.708. The highest BCUT2D eigenvalue weighted by atomic mass is 127. The van der Waals surface area contributed by atoms with Crippen molar-refractivity contribution in [1.82, 2.24) is 5.01 Å². The number of hydrogen-bond donors (Lipinski definition) is 2. The summed E-state index contributed by atoms with van der Waals surface area (Å²) >= 11 is 2.08. The van der Waals surface area contributed by atoms with E-state index in [9.17, 15) is 0 Å². The molecular formula is C5H12IN3OS. The summed E-state index contributed by atoms with van der Waals surface area (Å²) in [5.74, 6) is 5.47. The third-order valence-corrected chi connectivity index (χ3v) is 1.98. The Labute approximate surface area is 83.1 Å². The maximum Gasteiger partial charge on any atom is 0.0650 e. The Morgan fingerprint density at radius 1 is 1.64 bits per heavy atom. The van der Waals surface area contributed by atoms with Crippen LogP contribution in [0, 0.1) is 0 Å². The molecule has 0 saturated carbocycles. The Kier molecular flexibility index (Phi) is 8.70. The van der Waals surface area contributed by atoms with Gasteiger partial charge in [-0.05, 0) is 6.42 Å². The van der Waals surface area contributed by atoms with Gasteiger partial charge in [0.25, 0.3) is 0 Å². The predicted molar refractivity (Wildman–Crippen MR) is 56.4 cm³/mol. The molecule has 0 spiro atoms. The zero-order valence-electron chi connectivity index (χ0n) is 6.07. The summed E-state index contributed by atoms with van der Waals surface area (Å²) in [6.07, 6.45) is 3.93. The molecule has 66 valence electrons. The molecule has 0 heterocycles. The topological polar surface area (TPSA) is 64.5 Å². The normalized spacial score (nSPS) is 10.7. The van der Waals surface area contributed by atoms with Crippen molar-refractivity contribution in [1.29, 1.82) is 0 Å². The van der Waals surface area contributed by atoms with Crippen LogP contribution in [-0.2, 0) is 4.18 Å². The van der Waals surface area contributed by atoms with E-state index in [0.717, 1.165) is 13.0 Å². The lowest BCUT2D eigenvalue weighted by atomic mass is 10.4. The van der Waals surface area contributed by atoms with E-state index in [1.54, 1.807) is 6.20 Å². The van der Waals surface area contributed by atoms with Crippen molar-refractivity contribution in [2.75, 3.05) is 13.2 Å². The van der Waals surface area contributed by atoms with Crippen LogP contribution in [0.25, 0.3) is 0 Å². The summed E-state index contributed by atoms with van der Waals surface area (Å²) in [7, 11) is 1.33. The lowest BCUT2D eigenvalue weighted by Gasteiger charge is -2.11. The van der Waals surface area contributed by atoms with Crippen LogP contribution < -0.4 is 11.6 Å². The molecule has 0 aromatic rings. The van der Waals surface area contributed by atoms with Crippen LogP contribution in [0.5, 0.6) is 0 Å². The second-order valence-electron chi connectivity index (χ2n) is 1.82. The molecule has 0 aliphatic heterocycles. The molecule has 4 N–H and O–H groups in total. The van der Waals surface area contributed by atoms with Crippen LogP contribution in [0.15, 0.2) is 12.4 Å². The van der Waals surface area contributed by atoms with E-state index in [0.29, 0.717) is 6.61 Å². The van der Waals surface area contributed by atoms with Gasteiger partial charge in [0.05, 0.1) is 15.8 Å². The summed E-state index contributed by atoms with van der Waals surface area (Å²) < 4.78 is 5.03. The summed E-state index contributed by atoms with van der Waals surface area (Å²) in [4.78, 5) is 0. The van der Waals surface area contributed by atoms with Crippen molar-refractivity contribution < 1.29 is 4.18 Å². The van der Waals surface area contributed by atoms with Crippen LogP contribution in [0.1, 0.15) is 6.42 Å². The minimum atomic E-state index is 0.708. The maximum absolute atomic E-state index is 5.47. The van der Waals surface area contributed by atoms with Crippen molar-refractivity contribution in [3.05, 3.63) is 12.4 Å². The van der Waals surface area contributed by atoms with Gasteiger partial charge in [0.2, 0.25) is 0 Å². The van der Waals surface area contributed by atoms with Gasteiger partial charge in [0.1, 0.15) is 0 Å². The molecule has 0 amide bonds.